The Morgan fingerprint density at radius 2 is 1.83 bits per heavy atom. The molecular formula is C21H17N7O. The van der Waals surface area contributed by atoms with Gasteiger partial charge >= 0.3 is 0 Å². The van der Waals surface area contributed by atoms with E-state index in [-0.39, 0.29) is 5.56 Å². The van der Waals surface area contributed by atoms with Crippen molar-refractivity contribution in [3.8, 4) is 11.4 Å². The van der Waals surface area contributed by atoms with Gasteiger partial charge in [0.15, 0.2) is 5.82 Å². The summed E-state index contributed by atoms with van der Waals surface area (Å²) >= 11 is 0. The fourth-order valence-electron chi connectivity index (χ4n) is 3.31. The zero-order valence-corrected chi connectivity index (χ0v) is 15.4. The monoisotopic (exact) mass is 383 g/mol. The van der Waals surface area contributed by atoms with Crippen LogP contribution in [0.25, 0.3) is 33.1 Å². The molecule has 0 amide bonds. The first kappa shape index (κ1) is 17.1. The summed E-state index contributed by atoms with van der Waals surface area (Å²) in [4.78, 5) is 24.7. The summed E-state index contributed by atoms with van der Waals surface area (Å²) in [5.74, 6) is 1.09. The van der Waals surface area contributed by atoms with Crippen molar-refractivity contribution in [2.24, 2.45) is 0 Å². The quantitative estimate of drug-likeness (QED) is 0.484. The maximum atomic E-state index is 12.7. The summed E-state index contributed by atoms with van der Waals surface area (Å²) in [6, 6.07) is 15.8. The number of rotatable bonds is 5. The Kier molecular flexibility index (Phi) is 4.21. The third kappa shape index (κ3) is 3.31. The number of anilines is 1. The molecule has 0 spiro atoms. The first-order chi connectivity index (χ1) is 14.3. The van der Waals surface area contributed by atoms with Gasteiger partial charge in [-0.3, -0.25) is 4.79 Å². The number of fused-ring (bicyclic) bond motifs is 2. The topological polar surface area (TPSA) is 101 Å². The van der Waals surface area contributed by atoms with Crippen LogP contribution in [0.1, 0.15) is 0 Å². The van der Waals surface area contributed by atoms with Gasteiger partial charge < -0.3 is 14.9 Å². The largest absolute Gasteiger partial charge is 0.366 e. The lowest BCUT2D eigenvalue weighted by Crippen LogP contribution is -2.14. The smallest absolute Gasteiger partial charge is 0.259 e. The summed E-state index contributed by atoms with van der Waals surface area (Å²) in [6.07, 6.45) is 4.91. The maximum absolute atomic E-state index is 12.7. The van der Waals surface area contributed by atoms with Crippen LogP contribution in [-0.4, -0.2) is 36.3 Å². The minimum Gasteiger partial charge on any atom is -0.366 e. The predicted molar refractivity (Wildman–Crippen MR) is 112 cm³/mol. The summed E-state index contributed by atoms with van der Waals surface area (Å²) in [7, 11) is 0. The highest BCUT2D eigenvalue weighted by Gasteiger charge is 2.11. The van der Waals surface area contributed by atoms with Crippen LogP contribution in [0.3, 0.4) is 0 Å². The molecule has 0 fully saturated rings. The van der Waals surface area contributed by atoms with Crippen molar-refractivity contribution < 1.29 is 0 Å². The van der Waals surface area contributed by atoms with E-state index < -0.39 is 0 Å². The van der Waals surface area contributed by atoms with Gasteiger partial charge in [-0.25, -0.2) is 9.97 Å². The number of aromatic nitrogens is 6. The van der Waals surface area contributed by atoms with Crippen molar-refractivity contribution in [1.82, 2.24) is 29.7 Å². The summed E-state index contributed by atoms with van der Waals surface area (Å²) < 4.78 is 1.86. The minimum absolute atomic E-state index is 0.192. The number of nitrogens with one attached hydrogen (secondary N) is 2. The SMILES string of the molecule is O=c1[nH]c(-c2ccc3ccccc3c2)nc2c(NCCn3cnnc3)nccc12. The van der Waals surface area contributed by atoms with Crippen molar-refractivity contribution in [2.45, 2.75) is 6.54 Å². The van der Waals surface area contributed by atoms with Crippen molar-refractivity contribution in [3.63, 3.8) is 0 Å². The molecule has 5 aromatic rings. The zero-order valence-electron chi connectivity index (χ0n) is 15.4. The van der Waals surface area contributed by atoms with E-state index in [4.69, 9.17) is 4.98 Å². The average Bonchev–Trinajstić information content (AvgIpc) is 3.27. The minimum atomic E-state index is -0.192. The lowest BCUT2D eigenvalue weighted by atomic mass is 10.1. The van der Waals surface area contributed by atoms with Crippen LogP contribution in [0, 0.1) is 0 Å². The van der Waals surface area contributed by atoms with E-state index in [0.717, 1.165) is 16.3 Å². The van der Waals surface area contributed by atoms with Crippen LogP contribution >= 0.6 is 0 Å². The van der Waals surface area contributed by atoms with E-state index in [0.29, 0.717) is 35.6 Å². The van der Waals surface area contributed by atoms with E-state index in [1.165, 1.54) is 0 Å². The second-order valence-corrected chi connectivity index (χ2v) is 6.66. The van der Waals surface area contributed by atoms with Gasteiger partial charge in [-0.2, -0.15) is 0 Å². The fraction of sp³-hybridized carbons (Fsp3) is 0.0952. The Morgan fingerprint density at radius 1 is 1.00 bits per heavy atom. The average molecular weight is 383 g/mol. The highest BCUT2D eigenvalue weighted by atomic mass is 16.1. The molecule has 3 aromatic heterocycles. The van der Waals surface area contributed by atoms with E-state index in [2.05, 4.69) is 31.5 Å². The van der Waals surface area contributed by atoms with E-state index in [1.54, 1.807) is 24.9 Å². The number of pyridine rings is 1. The first-order valence-electron chi connectivity index (χ1n) is 9.22. The van der Waals surface area contributed by atoms with Crippen LogP contribution in [-0.2, 0) is 6.54 Å². The molecule has 0 radical (unpaired) electrons. The maximum Gasteiger partial charge on any atom is 0.259 e. The third-order valence-electron chi connectivity index (χ3n) is 4.78. The Balaban J connectivity index is 1.53. The summed E-state index contributed by atoms with van der Waals surface area (Å²) in [5, 5.41) is 13.6. The number of hydrogen-bond donors (Lipinski definition) is 2. The van der Waals surface area contributed by atoms with Gasteiger partial charge in [-0.15, -0.1) is 10.2 Å². The normalized spacial score (nSPS) is 11.2. The Morgan fingerprint density at radius 3 is 2.69 bits per heavy atom. The molecule has 0 aliphatic heterocycles. The van der Waals surface area contributed by atoms with Crippen molar-refractivity contribution in [3.05, 3.63) is 77.7 Å². The van der Waals surface area contributed by atoms with Crippen LogP contribution in [0.2, 0.25) is 0 Å². The molecule has 142 valence electrons. The van der Waals surface area contributed by atoms with Gasteiger partial charge in [0.05, 0.1) is 5.39 Å². The Bertz CT molecular complexity index is 1360. The van der Waals surface area contributed by atoms with Crippen LogP contribution < -0.4 is 10.9 Å². The standard InChI is InChI=1S/C21H17N7O/c29-21-17-7-8-22-20(23-9-10-28-12-24-25-13-28)18(17)26-19(27-21)16-6-5-14-3-1-2-4-15(14)11-16/h1-8,11-13H,9-10H2,(H,22,23)(H,26,27,29). The van der Waals surface area contributed by atoms with Crippen LogP contribution in [0.15, 0.2) is 72.2 Å². The van der Waals surface area contributed by atoms with E-state index in [9.17, 15) is 4.79 Å². The molecule has 29 heavy (non-hydrogen) atoms. The lowest BCUT2D eigenvalue weighted by molar-refractivity contribution is 0.723. The molecule has 2 aromatic carbocycles. The van der Waals surface area contributed by atoms with Gasteiger partial charge in [0, 0.05) is 24.8 Å². The van der Waals surface area contributed by atoms with Gasteiger partial charge in [0.25, 0.3) is 5.56 Å². The highest BCUT2D eigenvalue weighted by molar-refractivity contribution is 5.90. The third-order valence-corrected chi connectivity index (χ3v) is 4.78. The van der Waals surface area contributed by atoms with Gasteiger partial charge in [0.2, 0.25) is 0 Å². The molecule has 0 unspecified atom stereocenters. The first-order valence-corrected chi connectivity index (χ1v) is 9.22. The number of hydrogen-bond acceptors (Lipinski definition) is 6. The Labute approximate surface area is 165 Å². The second-order valence-electron chi connectivity index (χ2n) is 6.66. The highest BCUT2D eigenvalue weighted by Crippen LogP contribution is 2.24. The number of benzene rings is 2. The molecule has 2 N–H and O–H groups in total. The summed E-state index contributed by atoms with van der Waals surface area (Å²) in [5.41, 5.74) is 1.20. The molecule has 8 nitrogen and oxygen atoms in total. The molecular weight excluding hydrogens is 366 g/mol. The number of H-pyrrole nitrogens is 1. The van der Waals surface area contributed by atoms with E-state index >= 15 is 0 Å². The molecule has 8 heteroatoms. The van der Waals surface area contributed by atoms with Gasteiger partial charge in [-0.1, -0.05) is 36.4 Å². The van der Waals surface area contributed by atoms with Crippen LogP contribution in [0.4, 0.5) is 5.82 Å². The molecule has 3 heterocycles. The molecule has 0 aliphatic rings. The molecule has 0 saturated heterocycles. The second kappa shape index (κ2) is 7.16. The van der Waals surface area contributed by atoms with Crippen molar-refractivity contribution in [2.75, 3.05) is 11.9 Å². The van der Waals surface area contributed by atoms with Gasteiger partial charge in [-0.05, 0) is 22.9 Å². The van der Waals surface area contributed by atoms with Crippen molar-refractivity contribution in [1.29, 1.82) is 0 Å². The zero-order chi connectivity index (χ0) is 19.6. The van der Waals surface area contributed by atoms with E-state index in [1.807, 2.05) is 41.0 Å². The molecule has 5 rings (SSSR count). The fourth-order valence-corrected chi connectivity index (χ4v) is 3.31. The predicted octanol–water partition coefficient (Wildman–Crippen LogP) is 2.84. The molecule has 0 saturated carbocycles. The number of aromatic amines is 1. The number of nitrogens with zero attached hydrogens (tertiary/aromatic N) is 5. The molecule has 0 aliphatic carbocycles. The lowest BCUT2D eigenvalue weighted by Gasteiger charge is -2.10. The molecule has 0 atom stereocenters. The Hall–Kier alpha value is -4.07. The molecule has 0 bridgehead atoms. The van der Waals surface area contributed by atoms with Crippen LogP contribution in [0.5, 0.6) is 0 Å². The van der Waals surface area contributed by atoms with Crippen molar-refractivity contribution >= 4 is 27.5 Å². The summed E-state index contributed by atoms with van der Waals surface area (Å²) in [6.45, 7) is 1.27. The van der Waals surface area contributed by atoms with Gasteiger partial charge in [0.1, 0.15) is 24.0 Å².